The van der Waals surface area contributed by atoms with E-state index in [0.717, 1.165) is 17.5 Å². The van der Waals surface area contributed by atoms with Crippen molar-refractivity contribution in [3.8, 4) is 16.9 Å². The molecule has 0 aliphatic heterocycles. The molecule has 3 aromatic rings. The second kappa shape index (κ2) is 13.0. The zero-order valence-corrected chi connectivity index (χ0v) is 20.2. The van der Waals surface area contributed by atoms with Gasteiger partial charge in [-0.05, 0) is 73.2 Å². The van der Waals surface area contributed by atoms with Gasteiger partial charge in [0.15, 0.2) is 0 Å². The number of unbranched alkanes of at least 4 members (excludes halogenated alkanes) is 4. The molecule has 1 unspecified atom stereocenters. The Morgan fingerprint density at radius 1 is 0.758 bits per heavy atom. The summed E-state index contributed by atoms with van der Waals surface area (Å²) >= 11 is 0. The summed E-state index contributed by atoms with van der Waals surface area (Å²) in [5.74, 6) is 0.181. The van der Waals surface area contributed by atoms with Crippen molar-refractivity contribution in [1.29, 1.82) is 0 Å². The van der Waals surface area contributed by atoms with Crippen LogP contribution in [0.2, 0.25) is 0 Å². The van der Waals surface area contributed by atoms with E-state index >= 15 is 0 Å². The number of carbonyl (C=O) groups is 1. The highest BCUT2D eigenvalue weighted by atomic mass is 16.5. The van der Waals surface area contributed by atoms with Crippen molar-refractivity contribution in [1.82, 2.24) is 0 Å². The number of rotatable bonds is 12. The highest BCUT2D eigenvalue weighted by Gasteiger charge is 2.11. The maximum Gasteiger partial charge on any atom is 0.343 e. The van der Waals surface area contributed by atoms with Crippen molar-refractivity contribution >= 4 is 5.97 Å². The Morgan fingerprint density at radius 2 is 1.36 bits per heavy atom. The molecule has 1 atom stereocenters. The first-order chi connectivity index (χ1) is 16.1. The summed E-state index contributed by atoms with van der Waals surface area (Å²) in [4.78, 5) is 12.5. The van der Waals surface area contributed by atoms with E-state index in [2.05, 4.69) is 31.2 Å². The molecule has 174 valence electrons. The maximum absolute atomic E-state index is 12.5. The number of aryl methyl sites for hydroxylation is 1. The highest BCUT2D eigenvalue weighted by Crippen LogP contribution is 2.24. The third-order valence-electron chi connectivity index (χ3n) is 5.95. The molecular weight excluding hydrogens is 408 g/mol. The van der Waals surface area contributed by atoms with Crippen LogP contribution < -0.4 is 4.74 Å². The summed E-state index contributed by atoms with van der Waals surface area (Å²) in [5, 5.41) is 0. The molecule has 3 aromatic carbocycles. The third-order valence-corrected chi connectivity index (χ3v) is 5.95. The lowest BCUT2D eigenvalue weighted by atomic mass is 10.0. The van der Waals surface area contributed by atoms with Crippen LogP contribution in [-0.4, -0.2) is 12.6 Å². The van der Waals surface area contributed by atoms with Crippen LogP contribution in [0.3, 0.4) is 0 Å². The number of benzene rings is 3. The van der Waals surface area contributed by atoms with Crippen molar-refractivity contribution in [3.05, 3.63) is 89.5 Å². The average molecular weight is 445 g/mol. The van der Waals surface area contributed by atoms with Gasteiger partial charge in [0.25, 0.3) is 0 Å². The molecule has 3 rings (SSSR count). The fourth-order valence-electron chi connectivity index (χ4n) is 3.91. The summed E-state index contributed by atoms with van der Waals surface area (Å²) < 4.78 is 11.2. The molecule has 0 radical (unpaired) electrons. The Balaban J connectivity index is 1.54. The largest absolute Gasteiger partial charge is 0.423 e. The topological polar surface area (TPSA) is 35.5 Å². The monoisotopic (exact) mass is 444 g/mol. The van der Waals surface area contributed by atoms with E-state index in [4.69, 9.17) is 9.47 Å². The van der Waals surface area contributed by atoms with E-state index in [1.54, 1.807) is 12.1 Å². The molecule has 33 heavy (non-hydrogen) atoms. The van der Waals surface area contributed by atoms with Crippen molar-refractivity contribution in [2.24, 2.45) is 0 Å². The summed E-state index contributed by atoms with van der Waals surface area (Å²) in [6.07, 6.45) is 7.68. The molecule has 0 fully saturated rings. The van der Waals surface area contributed by atoms with Crippen LogP contribution in [0.1, 0.15) is 80.5 Å². The Bertz CT molecular complexity index is 973. The average Bonchev–Trinajstić information content (AvgIpc) is 2.85. The summed E-state index contributed by atoms with van der Waals surface area (Å²) in [6.45, 7) is 6.88. The van der Waals surface area contributed by atoms with E-state index < -0.39 is 0 Å². The minimum Gasteiger partial charge on any atom is -0.423 e. The lowest BCUT2D eigenvalue weighted by Crippen LogP contribution is -2.09. The molecule has 3 nitrogen and oxygen atoms in total. The quantitative estimate of drug-likeness (QED) is 0.160. The molecule has 0 aliphatic rings. The van der Waals surface area contributed by atoms with Crippen molar-refractivity contribution < 1.29 is 14.3 Å². The van der Waals surface area contributed by atoms with Crippen molar-refractivity contribution in [3.63, 3.8) is 0 Å². The van der Waals surface area contributed by atoms with Crippen LogP contribution in [0, 0.1) is 0 Å². The van der Waals surface area contributed by atoms with Crippen LogP contribution in [0.4, 0.5) is 0 Å². The fourth-order valence-corrected chi connectivity index (χ4v) is 3.91. The van der Waals surface area contributed by atoms with E-state index in [0.29, 0.717) is 17.9 Å². The standard InChI is InChI=1S/C30H36O3/c1-4-6-7-8-9-10-24-11-13-26(14-12-24)27-19-21-29(22-20-27)33-30(31)28-17-15-25(16-18-28)23(3)32-5-2/h11-23H,4-10H2,1-3H3. The summed E-state index contributed by atoms with van der Waals surface area (Å²) in [5.41, 5.74) is 5.24. The molecule has 0 spiro atoms. The fraction of sp³-hybridized carbons (Fsp3) is 0.367. The number of carbonyl (C=O) groups excluding carboxylic acids is 1. The van der Waals surface area contributed by atoms with Gasteiger partial charge in [0.1, 0.15) is 5.75 Å². The lowest BCUT2D eigenvalue weighted by Gasteiger charge is -2.12. The third kappa shape index (κ3) is 7.57. The van der Waals surface area contributed by atoms with Gasteiger partial charge in [-0.3, -0.25) is 0 Å². The van der Waals surface area contributed by atoms with Crippen LogP contribution in [-0.2, 0) is 11.2 Å². The number of ether oxygens (including phenoxy) is 2. The van der Waals surface area contributed by atoms with E-state index in [1.807, 2.05) is 50.2 Å². The molecule has 0 saturated carbocycles. The predicted molar refractivity (Wildman–Crippen MR) is 136 cm³/mol. The number of hydrogen-bond donors (Lipinski definition) is 0. The lowest BCUT2D eigenvalue weighted by molar-refractivity contribution is 0.0729. The van der Waals surface area contributed by atoms with Crippen molar-refractivity contribution in [2.45, 2.75) is 65.4 Å². The molecule has 0 bridgehead atoms. The Labute approximate surface area is 198 Å². The Kier molecular flexibility index (Phi) is 9.71. The predicted octanol–water partition coefficient (Wildman–Crippen LogP) is 8.18. The molecule has 0 saturated heterocycles. The van der Waals surface area contributed by atoms with Gasteiger partial charge in [-0.2, -0.15) is 0 Å². The molecular formula is C30H36O3. The Morgan fingerprint density at radius 3 is 1.97 bits per heavy atom. The van der Waals surface area contributed by atoms with E-state index in [-0.39, 0.29) is 12.1 Å². The highest BCUT2D eigenvalue weighted by molar-refractivity contribution is 5.91. The molecule has 0 aromatic heterocycles. The SMILES string of the molecule is CCCCCCCc1ccc(-c2ccc(OC(=O)c3ccc(C(C)OCC)cc3)cc2)cc1. The van der Waals surface area contributed by atoms with Crippen LogP contribution in [0.25, 0.3) is 11.1 Å². The minimum atomic E-state index is -0.360. The van der Waals surface area contributed by atoms with Gasteiger partial charge < -0.3 is 9.47 Å². The van der Waals surface area contributed by atoms with E-state index in [1.165, 1.54) is 43.2 Å². The summed E-state index contributed by atoms with van der Waals surface area (Å²) in [6, 6.07) is 23.9. The molecule has 0 heterocycles. The van der Waals surface area contributed by atoms with E-state index in [9.17, 15) is 4.79 Å². The maximum atomic E-state index is 12.5. The minimum absolute atomic E-state index is 0.00692. The van der Waals surface area contributed by atoms with Crippen LogP contribution in [0.5, 0.6) is 5.75 Å². The van der Waals surface area contributed by atoms with Gasteiger partial charge in [-0.1, -0.05) is 81.1 Å². The van der Waals surface area contributed by atoms with Crippen LogP contribution in [0.15, 0.2) is 72.8 Å². The van der Waals surface area contributed by atoms with Gasteiger partial charge in [0.05, 0.1) is 11.7 Å². The smallest absolute Gasteiger partial charge is 0.343 e. The summed E-state index contributed by atoms with van der Waals surface area (Å²) in [7, 11) is 0. The first kappa shape index (κ1) is 24.7. The number of hydrogen-bond acceptors (Lipinski definition) is 3. The van der Waals surface area contributed by atoms with Gasteiger partial charge in [-0.15, -0.1) is 0 Å². The zero-order chi connectivity index (χ0) is 23.5. The zero-order valence-electron chi connectivity index (χ0n) is 20.2. The first-order valence-electron chi connectivity index (χ1n) is 12.2. The molecule has 3 heteroatoms. The molecule has 0 N–H and O–H groups in total. The van der Waals surface area contributed by atoms with Gasteiger partial charge in [0.2, 0.25) is 0 Å². The second-order valence-electron chi connectivity index (χ2n) is 8.49. The second-order valence-corrected chi connectivity index (χ2v) is 8.49. The first-order valence-corrected chi connectivity index (χ1v) is 12.2. The molecule has 0 amide bonds. The number of esters is 1. The molecule has 0 aliphatic carbocycles. The van der Waals surface area contributed by atoms with Crippen LogP contribution >= 0.6 is 0 Å². The van der Waals surface area contributed by atoms with Crippen molar-refractivity contribution in [2.75, 3.05) is 6.61 Å². The van der Waals surface area contributed by atoms with Gasteiger partial charge in [-0.25, -0.2) is 4.79 Å². The normalized spacial score (nSPS) is 11.8. The Hall–Kier alpha value is -2.91. The van der Waals surface area contributed by atoms with Gasteiger partial charge >= 0.3 is 5.97 Å². The van der Waals surface area contributed by atoms with Gasteiger partial charge in [0, 0.05) is 6.61 Å².